The van der Waals surface area contributed by atoms with Crippen molar-refractivity contribution >= 4 is 33.2 Å². The number of rotatable bonds is 2. The Morgan fingerprint density at radius 2 is 2.30 bits per heavy atom. The zero-order chi connectivity index (χ0) is 13.5. The summed E-state index contributed by atoms with van der Waals surface area (Å²) in [4.78, 5) is 8.07. The Bertz CT molecular complexity index is 595. The predicted octanol–water partition coefficient (Wildman–Crippen LogP) is 2.48. The van der Waals surface area contributed by atoms with Crippen LogP contribution in [0.15, 0.2) is 15.9 Å². The fourth-order valence-electron chi connectivity index (χ4n) is 3.16. The van der Waals surface area contributed by atoms with Crippen LogP contribution in [0, 0.1) is 5.92 Å². The summed E-state index contributed by atoms with van der Waals surface area (Å²) in [5.74, 6) is 2.45. The summed E-state index contributed by atoms with van der Waals surface area (Å²) in [6.45, 7) is 3.25. The Hall–Kier alpha value is -0.920. The van der Waals surface area contributed by atoms with E-state index in [0.29, 0.717) is 6.04 Å². The van der Waals surface area contributed by atoms with Gasteiger partial charge in [-0.15, -0.1) is 16.4 Å². The van der Waals surface area contributed by atoms with Gasteiger partial charge in [0.15, 0.2) is 5.82 Å². The van der Waals surface area contributed by atoms with Crippen molar-refractivity contribution in [1.29, 1.82) is 0 Å². The number of aromatic amines is 1. The van der Waals surface area contributed by atoms with Gasteiger partial charge in [-0.25, -0.2) is 0 Å². The second-order valence-electron chi connectivity index (χ2n) is 5.46. The molecular formula is C13H16BrN5S. The van der Waals surface area contributed by atoms with Crippen LogP contribution >= 0.6 is 27.3 Å². The van der Waals surface area contributed by atoms with Crippen LogP contribution in [0.4, 0.5) is 5.95 Å². The number of thiophene rings is 1. The summed E-state index contributed by atoms with van der Waals surface area (Å²) in [6, 6.07) is 4.71. The first-order valence-electron chi connectivity index (χ1n) is 6.96. The molecule has 0 spiro atoms. The fraction of sp³-hybridized carbons (Fsp3) is 0.538. The molecule has 4 rings (SSSR count). The van der Waals surface area contributed by atoms with Crippen LogP contribution in [0.1, 0.15) is 12.8 Å². The monoisotopic (exact) mass is 353 g/mol. The number of fused-ring (bicyclic) bond motifs is 1. The highest BCUT2D eigenvalue weighted by atomic mass is 79.9. The molecule has 106 valence electrons. The number of nitrogens with one attached hydrogen (secondary N) is 2. The highest BCUT2D eigenvalue weighted by Gasteiger charge is 2.35. The maximum absolute atomic E-state index is 4.65. The predicted molar refractivity (Wildman–Crippen MR) is 84.1 cm³/mol. The SMILES string of the molecule is Brc1ccc(-c2nc(N3CC4CCCNC4C3)n[nH]2)s1. The van der Waals surface area contributed by atoms with Crippen molar-refractivity contribution in [3.8, 4) is 10.7 Å². The van der Waals surface area contributed by atoms with Crippen molar-refractivity contribution in [1.82, 2.24) is 20.5 Å². The molecule has 5 nitrogen and oxygen atoms in total. The molecule has 0 aliphatic carbocycles. The van der Waals surface area contributed by atoms with Gasteiger partial charge in [-0.3, -0.25) is 5.10 Å². The smallest absolute Gasteiger partial charge is 0.245 e. The van der Waals surface area contributed by atoms with Gasteiger partial charge in [0.25, 0.3) is 0 Å². The van der Waals surface area contributed by atoms with Crippen molar-refractivity contribution in [2.75, 3.05) is 24.5 Å². The van der Waals surface area contributed by atoms with E-state index in [1.807, 2.05) is 6.07 Å². The molecular weight excluding hydrogens is 338 g/mol. The van der Waals surface area contributed by atoms with Gasteiger partial charge in [0.2, 0.25) is 5.95 Å². The molecule has 2 N–H and O–H groups in total. The number of anilines is 1. The molecule has 0 aromatic carbocycles. The van der Waals surface area contributed by atoms with Crippen LogP contribution in [0.5, 0.6) is 0 Å². The molecule has 0 radical (unpaired) electrons. The minimum Gasteiger partial charge on any atom is -0.338 e. The van der Waals surface area contributed by atoms with E-state index in [0.717, 1.165) is 46.0 Å². The summed E-state index contributed by atoms with van der Waals surface area (Å²) in [5, 5.41) is 11.1. The van der Waals surface area contributed by atoms with Crippen LogP contribution < -0.4 is 10.2 Å². The molecule has 0 bridgehead atoms. The van der Waals surface area contributed by atoms with E-state index >= 15 is 0 Å². The molecule has 7 heteroatoms. The molecule has 4 heterocycles. The minimum atomic E-state index is 0.613. The highest BCUT2D eigenvalue weighted by Crippen LogP contribution is 2.31. The Morgan fingerprint density at radius 3 is 3.10 bits per heavy atom. The van der Waals surface area contributed by atoms with E-state index < -0.39 is 0 Å². The van der Waals surface area contributed by atoms with Crippen LogP contribution in [0.25, 0.3) is 10.7 Å². The summed E-state index contributed by atoms with van der Waals surface area (Å²) in [5.41, 5.74) is 0. The summed E-state index contributed by atoms with van der Waals surface area (Å²) >= 11 is 5.15. The normalized spacial score (nSPS) is 25.9. The Morgan fingerprint density at radius 1 is 1.35 bits per heavy atom. The third kappa shape index (κ3) is 2.27. The van der Waals surface area contributed by atoms with Crippen LogP contribution in [0.2, 0.25) is 0 Å². The Kier molecular flexibility index (Phi) is 3.28. The molecule has 2 atom stereocenters. The molecule has 2 aliphatic heterocycles. The fourth-order valence-corrected chi connectivity index (χ4v) is 4.48. The zero-order valence-corrected chi connectivity index (χ0v) is 13.4. The van der Waals surface area contributed by atoms with E-state index in [1.54, 1.807) is 11.3 Å². The zero-order valence-electron chi connectivity index (χ0n) is 11.0. The van der Waals surface area contributed by atoms with Crippen molar-refractivity contribution in [2.24, 2.45) is 5.92 Å². The summed E-state index contributed by atoms with van der Waals surface area (Å²) < 4.78 is 1.11. The number of hydrogen-bond acceptors (Lipinski definition) is 5. The largest absolute Gasteiger partial charge is 0.338 e. The number of halogens is 1. The first-order valence-corrected chi connectivity index (χ1v) is 8.57. The average Bonchev–Trinajstić information content (AvgIpc) is 3.16. The number of nitrogens with zero attached hydrogens (tertiary/aromatic N) is 3. The van der Waals surface area contributed by atoms with Gasteiger partial charge < -0.3 is 10.2 Å². The second-order valence-corrected chi connectivity index (χ2v) is 7.92. The summed E-state index contributed by atoms with van der Waals surface area (Å²) in [7, 11) is 0. The third-order valence-electron chi connectivity index (χ3n) is 4.16. The topological polar surface area (TPSA) is 56.8 Å². The molecule has 2 aliphatic rings. The minimum absolute atomic E-state index is 0.613. The standard InChI is InChI=1S/C13H16BrN5S/c14-11-4-3-10(20-11)12-16-13(18-17-12)19-6-8-2-1-5-15-9(8)7-19/h3-4,8-9,15H,1-2,5-7H2,(H,16,17,18). The van der Waals surface area contributed by atoms with Crippen molar-refractivity contribution in [2.45, 2.75) is 18.9 Å². The van der Waals surface area contributed by atoms with Crippen molar-refractivity contribution < 1.29 is 0 Å². The molecule has 0 saturated carbocycles. The second kappa shape index (κ2) is 5.13. The quantitative estimate of drug-likeness (QED) is 0.870. The lowest BCUT2D eigenvalue weighted by Crippen LogP contribution is -2.40. The van der Waals surface area contributed by atoms with E-state index in [-0.39, 0.29) is 0 Å². The van der Waals surface area contributed by atoms with E-state index in [4.69, 9.17) is 0 Å². The van der Waals surface area contributed by atoms with Gasteiger partial charge in [0, 0.05) is 19.1 Å². The first-order chi connectivity index (χ1) is 9.79. The van der Waals surface area contributed by atoms with Crippen LogP contribution in [-0.4, -0.2) is 40.9 Å². The average molecular weight is 354 g/mol. The molecule has 2 saturated heterocycles. The molecule has 20 heavy (non-hydrogen) atoms. The van der Waals surface area contributed by atoms with E-state index in [1.165, 1.54) is 12.8 Å². The maximum Gasteiger partial charge on any atom is 0.245 e. The lowest BCUT2D eigenvalue weighted by atomic mass is 9.94. The maximum atomic E-state index is 4.65. The number of hydrogen-bond donors (Lipinski definition) is 2. The van der Waals surface area contributed by atoms with Gasteiger partial charge in [-0.05, 0) is 53.4 Å². The molecule has 2 unspecified atom stereocenters. The van der Waals surface area contributed by atoms with E-state index in [2.05, 4.69) is 47.4 Å². The molecule has 2 aromatic heterocycles. The number of H-pyrrole nitrogens is 1. The van der Waals surface area contributed by atoms with E-state index in [9.17, 15) is 0 Å². The van der Waals surface area contributed by atoms with Gasteiger partial charge in [-0.2, -0.15) is 4.98 Å². The van der Waals surface area contributed by atoms with Crippen LogP contribution in [-0.2, 0) is 0 Å². The highest BCUT2D eigenvalue weighted by molar-refractivity contribution is 9.11. The van der Waals surface area contributed by atoms with Gasteiger partial charge in [0.05, 0.1) is 8.66 Å². The van der Waals surface area contributed by atoms with Crippen LogP contribution in [0.3, 0.4) is 0 Å². The Balaban J connectivity index is 1.54. The lowest BCUT2D eigenvalue weighted by molar-refractivity contribution is 0.340. The first kappa shape index (κ1) is 12.8. The van der Waals surface area contributed by atoms with Gasteiger partial charge in [0.1, 0.15) is 0 Å². The number of aromatic nitrogens is 3. The lowest BCUT2D eigenvalue weighted by Gasteiger charge is -2.24. The Labute approximate surface area is 129 Å². The van der Waals surface area contributed by atoms with Crippen molar-refractivity contribution in [3.05, 3.63) is 15.9 Å². The van der Waals surface area contributed by atoms with Gasteiger partial charge in [-0.1, -0.05) is 0 Å². The van der Waals surface area contributed by atoms with Crippen molar-refractivity contribution in [3.63, 3.8) is 0 Å². The third-order valence-corrected chi connectivity index (χ3v) is 5.79. The van der Waals surface area contributed by atoms with Gasteiger partial charge >= 0.3 is 0 Å². The number of piperidine rings is 1. The molecule has 2 aromatic rings. The summed E-state index contributed by atoms with van der Waals surface area (Å²) in [6.07, 6.45) is 2.61. The molecule has 0 amide bonds. The molecule has 2 fully saturated rings.